The average molecular weight is 201 g/mol. The zero-order chi connectivity index (χ0) is 10.2. The number of sulfone groups is 1. The lowest BCUT2D eigenvalue weighted by Gasteiger charge is -2.03. The predicted octanol–water partition coefficient (Wildman–Crippen LogP) is 1.85. The first kappa shape index (κ1) is 10.3. The molecule has 74 valence electrons. The van der Waals surface area contributed by atoms with Gasteiger partial charge in [0.05, 0.1) is 4.90 Å². The van der Waals surface area contributed by atoms with E-state index in [-0.39, 0.29) is 0 Å². The Labute approximate surface area is 79.1 Å². The fourth-order valence-electron chi connectivity index (χ4n) is 1.48. The fraction of sp³-hybridized carbons (Fsp3) is 0.556. The van der Waals surface area contributed by atoms with E-state index in [0.29, 0.717) is 10.8 Å². The molecule has 1 aromatic heterocycles. The largest absolute Gasteiger partial charge is 0.363 e. The number of hydrogen-bond donors (Lipinski definition) is 1. The van der Waals surface area contributed by atoms with E-state index < -0.39 is 9.84 Å². The van der Waals surface area contributed by atoms with E-state index in [9.17, 15) is 8.42 Å². The summed E-state index contributed by atoms with van der Waals surface area (Å²) in [5.74, 6) is 0.329. The Hall–Kier alpha value is -0.770. The zero-order valence-electron chi connectivity index (χ0n) is 8.38. The molecule has 0 radical (unpaired) electrons. The van der Waals surface area contributed by atoms with Crippen LogP contribution in [0.15, 0.2) is 11.1 Å². The van der Waals surface area contributed by atoms with Crippen molar-refractivity contribution in [2.24, 2.45) is 0 Å². The second-order valence-corrected chi connectivity index (χ2v) is 5.60. The molecule has 0 saturated carbocycles. The number of H-pyrrole nitrogens is 1. The first-order valence-corrected chi connectivity index (χ1v) is 6.11. The minimum absolute atomic E-state index is 0.329. The highest BCUT2D eigenvalue weighted by Crippen LogP contribution is 2.23. The molecule has 0 aliphatic rings. The normalized spacial score (nSPS) is 12.4. The van der Waals surface area contributed by atoms with Crippen LogP contribution in [0, 0.1) is 6.92 Å². The Balaban J connectivity index is 3.30. The monoisotopic (exact) mass is 201 g/mol. The Morgan fingerprint density at radius 3 is 2.15 bits per heavy atom. The third-order valence-corrected chi connectivity index (χ3v) is 3.33. The highest BCUT2D eigenvalue weighted by atomic mass is 32.2. The van der Waals surface area contributed by atoms with Crippen LogP contribution in [0.3, 0.4) is 0 Å². The zero-order valence-corrected chi connectivity index (χ0v) is 9.20. The summed E-state index contributed by atoms with van der Waals surface area (Å²) in [7, 11) is -3.08. The van der Waals surface area contributed by atoms with Crippen molar-refractivity contribution in [2.45, 2.75) is 31.6 Å². The highest BCUT2D eigenvalue weighted by Gasteiger charge is 2.16. The first-order valence-electron chi connectivity index (χ1n) is 4.22. The summed E-state index contributed by atoms with van der Waals surface area (Å²) in [6.45, 7) is 5.90. The third kappa shape index (κ3) is 1.94. The summed E-state index contributed by atoms with van der Waals surface area (Å²) < 4.78 is 22.5. The molecule has 4 heteroatoms. The van der Waals surface area contributed by atoms with Crippen molar-refractivity contribution in [1.82, 2.24) is 4.98 Å². The SMILES string of the molecule is Cc1c(S(C)(=O)=O)c[nH]c1C(C)C. The van der Waals surface area contributed by atoms with Gasteiger partial charge in [0, 0.05) is 18.1 Å². The molecular formula is C9H15NO2S. The summed E-state index contributed by atoms with van der Waals surface area (Å²) in [5, 5.41) is 0. The van der Waals surface area contributed by atoms with Crippen LogP contribution in [0.5, 0.6) is 0 Å². The number of aromatic amines is 1. The van der Waals surface area contributed by atoms with Crippen LogP contribution in [0.1, 0.15) is 31.0 Å². The maximum Gasteiger partial charge on any atom is 0.177 e. The van der Waals surface area contributed by atoms with Crippen molar-refractivity contribution >= 4 is 9.84 Å². The van der Waals surface area contributed by atoms with Gasteiger partial charge in [-0.05, 0) is 18.4 Å². The van der Waals surface area contributed by atoms with Crippen LogP contribution in [0.2, 0.25) is 0 Å². The van der Waals surface area contributed by atoms with Crippen LogP contribution in [-0.2, 0) is 9.84 Å². The lowest BCUT2D eigenvalue weighted by atomic mass is 10.1. The van der Waals surface area contributed by atoms with Crippen LogP contribution in [-0.4, -0.2) is 19.7 Å². The molecular weight excluding hydrogens is 186 g/mol. The van der Waals surface area contributed by atoms with Gasteiger partial charge in [0.1, 0.15) is 0 Å². The third-order valence-electron chi connectivity index (χ3n) is 2.11. The number of aromatic nitrogens is 1. The number of hydrogen-bond acceptors (Lipinski definition) is 2. The molecule has 1 N–H and O–H groups in total. The molecule has 0 amide bonds. The van der Waals surface area contributed by atoms with Gasteiger partial charge in [-0.3, -0.25) is 0 Å². The fourth-order valence-corrected chi connectivity index (χ4v) is 2.42. The summed E-state index contributed by atoms with van der Waals surface area (Å²) in [5.41, 5.74) is 1.85. The standard InChI is InChI=1S/C9H15NO2S/c1-6(2)9-7(3)8(5-10-9)13(4,11)12/h5-6,10H,1-4H3. The minimum Gasteiger partial charge on any atom is -0.363 e. The molecule has 1 aromatic rings. The Kier molecular flexibility index (Phi) is 2.52. The maximum absolute atomic E-state index is 11.3. The lowest BCUT2D eigenvalue weighted by molar-refractivity contribution is 0.601. The molecule has 1 rings (SSSR count). The van der Waals surface area contributed by atoms with Gasteiger partial charge < -0.3 is 4.98 Å². The summed E-state index contributed by atoms with van der Waals surface area (Å²) in [6.07, 6.45) is 2.80. The molecule has 0 fully saturated rings. The smallest absolute Gasteiger partial charge is 0.177 e. The van der Waals surface area contributed by atoms with Gasteiger partial charge >= 0.3 is 0 Å². The van der Waals surface area contributed by atoms with Crippen molar-refractivity contribution in [1.29, 1.82) is 0 Å². The summed E-state index contributed by atoms with van der Waals surface area (Å²) >= 11 is 0. The molecule has 0 aliphatic heterocycles. The van der Waals surface area contributed by atoms with E-state index in [1.54, 1.807) is 6.20 Å². The quantitative estimate of drug-likeness (QED) is 0.793. The number of rotatable bonds is 2. The molecule has 3 nitrogen and oxygen atoms in total. The minimum atomic E-state index is -3.08. The molecule has 0 aliphatic carbocycles. The topological polar surface area (TPSA) is 49.9 Å². The maximum atomic E-state index is 11.3. The van der Waals surface area contributed by atoms with E-state index >= 15 is 0 Å². The molecule has 0 aromatic carbocycles. The van der Waals surface area contributed by atoms with Crippen molar-refractivity contribution in [3.05, 3.63) is 17.5 Å². The molecule has 0 spiro atoms. The van der Waals surface area contributed by atoms with E-state index in [0.717, 1.165) is 11.3 Å². The second-order valence-electron chi connectivity index (χ2n) is 3.62. The Morgan fingerprint density at radius 2 is 1.92 bits per heavy atom. The highest BCUT2D eigenvalue weighted by molar-refractivity contribution is 7.90. The van der Waals surface area contributed by atoms with Gasteiger partial charge in [0.15, 0.2) is 9.84 Å². The van der Waals surface area contributed by atoms with E-state index in [1.807, 2.05) is 20.8 Å². The van der Waals surface area contributed by atoms with Crippen LogP contribution in [0.4, 0.5) is 0 Å². The molecule has 0 atom stereocenters. The van der Waals surface area contributed by atoms with Crippen molar-refractivity contribution in [3.63, 3.8) is 0 Å². The van der Waals surface area contributed by atoms with Crippen LogP contribution >= 0.6 is 0 Å². The van der Waals surface area contributed by atoms with Crippen molar-refractivity contribution < 1.29 is 8.42 Å². The van der Waals surface area contributed by atoms with Crippen LogP contribution in [0.25, 0.3) is 0 Å². The van der Waals surface area contributed by atoms with Gasteiger partial charge in [0.25, 0.3) is 0 Å². The van der Waals surface area contributed by atoms with E-state index in [1.165, 1.54) is 6.26 Å². The molecule has 0 bridgehead atoms. The molecule has 13 heavy (non-hydrogen) atoms. The molecule has 0 unspecified atom stereocenters. The van der Waals surface area contributed by atoms with Gasteiger partial charge in [-0.15, -0.1) is 0 Å². The first-order chi connectivity index (χ1) is 5.84. The van der Waals surface area contributed by atoms with E-state index in [2.05, 4.69) is 4.98 Å². The van der Waals surface area contributed by atoms with Crippen molar-refractivity contribution in [3.8, 4) is 0 Å². The summed E-state index contributed by atoms with van der Waals surface area (Å²) in [6, 6.07) is 0. The Morgan fingerprint density at radius 1 is 1.38 bits per heavy atom. The predicted molar refractivity (Wildman–Crippen MR) is 52.7 cm³/mol. The van der Waals surface area contributed by atoms with Gasteiger partial charge in [0.2, 0.25) is 0 Å². The molecule has 0 saturated heterocycles. The Bertz CT molecular complexity index is 401. The van der Waals surface area contributed by atoms with Crippen LogP contribution < -0.4 is 0 Å². The second kappa shape index (κ2) is 3.18. The summed E-state index contributed by atoms with van der Waals surface area (Å²) in [4.78, 5) is 3.41. The van der Waals surface area contributed by atoms with Gasteiger partial charge in [-0.2, -0.15) is 0 Å². The average Bonchev–Trinajstić information content (AvgIpc) is 2.28. The van der Waals surface area contributed by atoms with Gasteiger partial charge in [-0.25, -0.2) is 8.42 Å². The number of nitrogens with one attached hydrogen (secondary N) is 1. The van der Waals surface area contributed by atoms with Gasteiger partial charge in [-0.1, -0.05) is 13.8 Å². The van der Waals surface area contributed by atoms with E-state index in [4.69, 9.17) is 0 Å². The van der Waals surface area contributed by atoms with Crippen molar-refractivity contribution in [2.75, 3.05) is 6.26 Å². The molecule has 1 heterocycles. The lowest BCUT2D eigenvalue weighted by Crippen LogP contribution is -1.98.